The van der Waals surface area contributed by atoms with Gasteiger partial charge in [-0.2, -0.15) is 0 Å². The molecule has 1 heterocycles. The number of hydrogen-bond donors (Lipinski definition) is 1. The van der Waals surface area contributed by atoms with E-state index in [0.29, 0.717) is 6.61 Å². The molecule has 0 aromatic heterocycles. The zero-order valence-electron chi connectivity index (χ0n) is 6.59. The maximum absolute atomic E-state index is 5.93. The van der Waals surface area contributed by atoms with E-state index in [0.717, 1.165) is 13.0 Å². The van der Waals surface area contributed by atoms with Gasteiger partial charge in [0.25, 0.3) is 0 Å². The molecule has 10 heavy (non-hydrogen) atoms. The molecule has 3 nitrogen and oxygen atoms in total. The summed E-state index contributed by atoms with van der Waals surface area (Å²) in [6.07, 6.45) is 0.937. The molecule has 1 rings (SSSR count). The zero-order chi connectivity index (χ0) is 7.61. The third-order valence-corrected chi connectivity index (χ3v) is 2.07. The van der Waals surface area contributed by atoms with Gasteiger partial charge in [0.05, 0.1) is 12.7 Å². The molecule has 0 aliphatic carbocycles. The van der Waals surface area contributed by atoms with Gasteiger partial charge in [-0.25, -0.2) is 0 Å². The fourth-order valence-electron chi connectivity index (χ4n) is 1.17. The number of methoxy groups -OCH3 is 1. The molecule has 0 bridgehead atoms. The van der Waals surface area contributed by atoms with Crippen LogP contribution in [0.3, 0.4) is 0 Å². The summed E-state index contributed by atoms with van der Waals surface area (Å²) in [4.78, 5) is 0. The molecule has 0 aromatic rings. The quantitative estimate of drug-likeness (QED) is 0.570. The summed E-state index contributed by atoms with van der Waals surface area (Å²) in [5.74, 6) is 0. The van der Waals surface area contributed by atoms with Crippen LogP contribution in [0.4, 0.5) is 0 Å². The lowest BCUT2D eigenvalue weighted by atomic mass is 9.91. The molecule has 0 aromatic carbocycles. The van der Waals surface area contributed by atoms with Gasteiger partial charge in [-0.3, -0.25) is 0 Å². The minimum atomic E-state index is -0.201. The Morgan fingerprint density at radius 3 is 2.80 bits per heavy atom. The van der Waals surface area contributed by atoms with Crippen LogP contribution in [-0.4, -0.2) is 32.0 Å². The molecule has 0 spiro atoms. The van der Waals surface area contributed by atoms with Gasteiger partial charge in [0.2, 0.25) is 0 Å². The summed E-state index contributed by atoms with van der Waals surface area (Å²) in [5, 5.41) is 0. The molecule has 2 unspecified atom stereocenters. The van der Waals surface area contributed by atoms with Crippen molar-refractivity contribution in [1.82, 2.24) is 0 Å². The maximum Gasteiger partial charge on any atom is 0.0981 e. The zero-order valence-corrected chi connectivity index (χ0v) is 6.59. The first-order valence-corrected chi connectivity index (χ1v) is 3.56. The van der Waals surface area contributed by atoms with E-state index in [4.69, 9.17) is 15.2 Å². The van der Waals surface area contributed by atoms with E-state index < -0.39 is 0 Å². The molecular weight excluding hydrogens is 130 g/mol. The van der Waals surface area contributed by atoms with Gasteiger partial charge in [0.1, 0.15) is 0 Å². The number of ether oxygens (including phenoxy) is 2. The largest absolute Gasteiger partial charge is 0.379 e. The summed E-state index contributed by atoms with van der Waals surface area (Å²) >= 11 is 0. The Balaban J connectivity index is 2.51. The highest BCUT2D eigenvalue weighted by Gasteiger charge is 2.33. The van der Waals surface area contributed by atoms with Crippen LogP contribution >= 0.6 is 0 Å². The van der Waals surface area contributed by atoms with Crippen molar-refractivity contribution in [2.75, 3.05) is 20.3 Å². The van der Waals surface area contributed by atoms with Crippen LogP contribution in [0.5, 0.6) is 0 Å². The van der Waals surface area contributed by atoms with Gasteiger partial charge < -0.3 is 15.2 Å². The van der Waals surface area contributed by atoms with Crippen LogP contribution in [0.1, 0.15) is 13.3 Å². The fraction of sp³-hybridized carbons (Fsp3) is 1.00. The highest BCUT2D eigenvalue weighted by molar-refractivity contribution is 4.90. The van der Waals surface area contributed by atoms with E-state index in [2.05, 4.69) is 0 Å². The topological polar surface area (TPSA) is 44.5 Å². The third kappa shape index (κ3) is 1.48. The van der Waals surface area contributed by atoms with Gasteiger partial charge in [-0.1, -0.05) is 0 Å². The van der Waals surface area contributed by atoms with Crippen LogP contribution < -0.4 is 5.73 Å². The normalized spacial score (nSPS) is 41.7. The van der Waals surface area contributed by atoms with Crippen molar-refractivity contribution in [3.63, 3.8) is 0 Å². The van der Waals surface area contributed by atoms with E-state index in [1.807, 2.05) is 6.92 Å². The summed E-state index contributed by atoms with van der Waals surface area (Å²) in [7, 11) is 1.67. The molecule has 2 N–H and O–H groups in total. The minimum absolute atomic E-state index is 0.0567. The average molecular weight is 145 g/mol. The van der Waals surface area contributed by atoms with Crippen LogP contribution in [0.2, 0.25) is 0 Å². The van der Waals surface area contributed by atoms with Gasteiger partial charge in [-0.15, -0.1) is 0 Å². The summed E-state index contributed by atoms with van der Waals surface area (Å²) < 4.78 is 10.4. The SMILES string of the molecule is COC1COCCC1(C)N. The van der Waals surface area contributed by atoms with Crippen molar-refractivity contribution in [2.24, 2.45) is 5.73 Å². The molecule has 0 saturated carbocycles. The van der Waals surface area contributed by atoms with Crippen LogP contribution in [-0.2, 0) is 9.47 Å². The van der Waals surface area contributed by atoms with Crippen LogP contribution in [0, 0.1) is 0 Å². The molecule has 60 valence electrons. The Morgan fingerprint density at radius 1 is 1.70 bits per heavy atom. The molecule has 1 fully saturated rings. The second-order valence-corrected chi connectivity index (χ2v) is 3.06. The molecule has 1 saturated heterocycles. The molecule has 3 heteroatoms. The first-order valence-electron chi connectivity index (χ1n) is 3.56. The number of rotatable bonds is 1. The van der Waals surface area contributed by atoms with Crippen molar-refractivity contribution < 1.29 is 9.47 Å². The Kier molecular flexibility index (Phi) is 2.28. The van der Waals surface area contributed by atoms with Crippen LogP contribution in [0.25, 0.3) is 0 Å². The third-order valence-electron chi connectivity index (χ3n) is 2.07. The number of hydrogen-bond acceptors (Lipinski definition) is 3. The van der Waals surface area contributed by atoms with Gasteiger partial charge in [0, 0.05) is 19.3 Å². The summed E-state index contributed by atoms with van der Waals surface area (Å²) in [5.41, 5.74) is 5.73. The number of nitrogens with two attached hydrogens (primary N) is 1. The monoisotopic (exact) mass is 145 g/mol. The first kappa shape index (κ1) is 7.98. The van der Waals surface area contributed by atoms with E-state index in [1.54, 1.807) is 7.11 Å². The lowest BCUT2D eigenvalue weighted by molar-refractivity contribution is -0.0717. The van der Waals surface area contributed by atoms with E-state index >= 15 is 0 Å². The second kappa shape index (κ2) is 2.86. The van der Waals surface area contributed by atoms with Crippen molar-refractivity contribution in [1.29, 1.82) is 0 Å². The van der Waals surface area contributed by atoms with Crippen molar-refractivity contribution in [3.05, 3.63) is 0 Å². The van der Waals surface area contributed by atoms with Crippen molar-refractivity contribution >= 4 is 0 Å². The van der Waals surface area contributed by atoms with E-state index in [1.165, 1.54) is 0 Å². The Hall–Kier alpha value is -0.120. The standard InChI is InChI=1S/C7H15NO2/c1-7(8)3-4-10-5-6(7)9-2/h6H,3-5,8H2,1-2H3. The molecular formula is C7H15NO2. The smallest absolute Gasteiger partial charge is 0.0981 e. The highest BCUT2D eigenvalue weighted by atomic mass is 16.5. The maximum atomic E-state index is 5.93. The van der Waals surface area contributed by atoms with Crippen molar-refractivity contribution in [2.45, 2.75) is 25.0 Å². The second-order valence-electron chi connectivity index (χ2n) is 3.06. The van der Waals surface area contributed by atoms with Gasteiger partial charge >= 0.3 is 0 Å². The summed E-state index contributed by atoms with van der Waals surface area (Å²) in [6.45, 7) is 3.39. The van der Waals surface area contributed by atoms with Crippen LogP contribution in [0.15, 0.2) is 0 Å². The van der Waals surface area contributed by atoms with Crippen molar-refractivity contribution in [3.8, 4) is 0 Å². The minimum Gasteiger partial charge on any atom is -0.379 e. The van der Waals surface area contributed by atoms with E-state index in [-0.39, 0.29) is 11.6 Å². The van der Waals surface area contributed by atoms with Gasteiger partial charge in [0.15, 0.2) is 0 Å². The lowest BCUT2D eigenvalue weighted by Gasteiger charge is -2.36. The molecule has 0 radical (unpaired) electrons. The Morgan fingerprint density at radius 2 is 2.40 bits per heavy atom. The van der Waals surface area contributed by atoms with Gasteiger partial charge in [-0.05, 0) is 13.3 Å². The molecule has 2 atom stereocenters. The Bertz CT molecular complexity index is 114. The first-order chi connectivity index (χ1) is 4.67. The molecule has 0 amide bonds. The molecule has 1 aliphatic heterocycles. The summed E-state index contributed by atoms with van der Waals surface area (Å²) in [6, 6.07) is 0. The average Bonchev–Trinajstić information content (AvgIpc) is 1.87. The highest BCUT2D eigenvalue weighted by Crippen LogP contribution is 2.19. The lowest BCUT2D eigenvalue weighted by Crippen LogP contribution is -2.54. The molecule has 1 aliphatic rings. The Labute approximate surface area is 61.5 Å². The fourth-order valence-corrected chi connectivity index (χ4v) is 1.17. The predicted octanol–water partition coefficient (Wildman–Crippen LogP) is 0.139. The van der Waals surface area contributed by atoms with E-state index in [9.17, 15) is 0 Å². The predicted molar refractivity (Wildman–Crippen MR) is 38.8 cm³/mol.